The minimum Gasteiger partial charge on any atom is -0.456 e. The van der Waals surface area contributed by atoms with Gasteiger partial charge in [0.2, 0.25) is 10.0 Å². The molecule has 1 aromatic heterocycles. The van der Waals surface area contributed by atoms with Gasteiger partial charge < -0.3 is 4.74 Å². The second-order valence-corrected chi connectivity index (χ2v) is 7.97. The number of carbonyl (C=O) groups excluding carboxylic acids is 1. The summed E-state index contributed by atoms with van der Waals surface area (Å²) in [5, 5.41) is 0.0909. The summed E-state index contributed by atoms with van der Waals surface area (Å²) < 4.78 is 32.0. The third-order valence-electron chi connectivity index (χ3n) is 3.93. The number of sulfonamides is 1. The third-order valence-corrected chi connectivity index (χ3v) is 6.31. The van der Waals surface area contributed by atoms with Crippen molar-refractivity contribution in [3.63, 3.8) is 0 Å². The molecule has 0 aliphatic carbocycles. The highest BCUT2D eigenvalue weighted by atomic mass is 35.5. The summed E-state index contributed by atoms with van der Waals surface area (Å²) in [6.45, 7) is 0.941. The molecule has 0 amide bonds. The lowest BCUT2D eigenvalue weighted by molar-refractivity contribution is 0.0467. The molecule has 0 atom stereocenters. The molecular weight excluding hydrogens is 364 g/mol. The average Bonchev–Trinajstić information content (AvgIpc) is 3.16. The van der Waals surface area contributed by atoms with Crippen LogP contribution in [0.15, 0.2) is 47.5 Å². The first-order chi connectivity index (χ1) is 12.0. The molecule has 1 aromatic carbocycles. The van der Waals surface area contributed by atoms with Crippen LogP contribution >= 0.6 is 11.6 Å². The molecule has 1 fully saturated rings. The lowest BCUT2D eigenvalue weighted by Crippen LogP contribution is -2.28. The summed E-state index contributed by atoms with van der Waals surface area (Å²) in [6, 6.07) is 9.42. The van der Waals surface area contributed by atoms with E-state index in [0.29, 0.717) is 18.8 Å². The molecule has 132 valence electrons. The fraction of sp³-hybridized carbons (Fsp3) is 0.294. The molecule has 3 rings (SSSR count). The zero-order chi connectivity index (χ0) is 17.9. The van der Waals surface area contributed by atoms with E-state index in [0.717, 1.165) is 12.8 Å². The zero-order valence-corrected chi connectivity index (χ0v) is 15.0. The fourth-order valence-corrected chi connectivity index (χ4v) is 4.62. The molecule has 0 radical (unpaired) electrons. The topological polar surface area (TPSA) is 76.6 Å². The number of halogens is 1. The molecule has 0 unspecified atom stereocenters. The highest BCUT2D eigenvalue weighted by Crippen LogP contribution is 2.28. The number of hydrogen-bond acceptors (Lipinski definition) is 5. The van der Waals surface area contributed by atoms with Crippen LogP contribution in [-0.2, 0) is 21.4 Å². The van der Waals surface area contributed by atoms with Crippen molar-refractivity contribution >= 4 is 27.6 Å². The fourth-order valence-electron chi connectivity index (χ4n) is 2.60. The number of benzene rings is 1. The summed E-state index contributed by atoms with van der Waals surface area (Å²) in [5.41, 5.74) is 0.743. The van der Waals surface area contributed by atoms with Gasteiger partial charge in [-0.3, -0.25) is 4.98 Å². The van der Waals surface area contributed by atoms with Crippen LogP contribution in [0.1, 0.15) is 28.9 Å². The normalized spacial score (nSPS) is 15.2. The molecule has 8 heteroatoms. The Labute approximate surface area is 151 Å². The molecule has 25 heavy (non-hydrogen) atoms. The van der Waals surface area contributed by atoms with Crippen LogP contribution < -0.4 is 0 Å². The van der Waals surface area contributed by atoms with E-state index in [9.17, 15) is 13.2 Å². The van der Waals surface area contributed by atoms with E-state index in [4.69, 9.17) is 16.3 Å². The molecule has 0 N–H and O–H groups in total. The van der Waals surface area contributed by atoms with Crippen LogP contribution in [0.5, 0.6) is 0 Å². The minimum absolute atomic E-state index is 0.0104. The van der Waals surface area contributed by atoms with Crippen LogP contribution in [0.3, 0.4) is 0 Å². The van der Waals surface area contributed by atoms with E-state index < -0.39 is 16.0 Å². The smallest absolute Gasteiger partial charge is 0.338 e. The molecular formula is C17H17ClN2O4S. The van der Waals surface area contributed by atoms with Crippen LogP contribution in [0.2, 0.25) is 5.02 Å². The maximum atomic E-state index is 12.7. The number of pyridine rings is 1. The van der Waals surface area contributed by atoms with Crippen LogP contribution in [-0.4, -0.2) is 36.8 Å². The van der Waals surface area contributed by atoms with E-state index in [1.54, 1.807) is 24.4 Å². The molecule has 2 heterocycles. The number of esters is 1. The Bertz CT molecular complexity index is 865. The molecule has 0 saturated carbocycles. The molecule has 2 aromatic rings. The minimum atomic E-state index is -3.71. The Balaban J connectivity index is 1.80. The Morgan fingerprint density at radius 3 is 2.64 bits per heavy atom. The average molecular weight is 381 g/mol. The summed E-state index contributed by atoms with van der Waals surface area (Å²) in [7, 11) is -3.71. The van der Waals surface area contributed by atoms with E-state index in [1.165, 1.54) is 22.5 Å². The number of carbonyl (C=O) groups is 1. The molecule has 1 saturated heterocycles. The number of aromatic nitrogens is 1. The van der Waals surface area contributed by atoms with E-state index in [2.05, 4.69) is 4.98 Å². The van der Waals surface area contributed by atoms with Gasteiger partial charge in [0.25, 0.3) is 0 Å². The summed E-state index contributed by atoms with van der Waals surface area (Å²) in [4.78, 5) is 16.2. The number of rotatable bonds is 5. The van der Waals surface area contributed by atoms with E-state index in [-0.39, 0.29) is 22.1 Å². The van der Waals surface area contributed by atoms with Crippen molar-refractivity contribution in [1.82, 2.24) is 9.29 Å². The van der Waals surface area contributed by atoms with Crippen molar-refractivity contribution in [2.45, 2.75) is 24.3 Å². The van der Waals surface area contributed by atoms with E-state index >= 15 is 0 Å². The molecule has 0 spiro atoms. The highest BCUT2D eigenvalue weighted by Gasteiger charge is 2.29. The first-order valence-corrected chi connectivity index (χ1v) is 9.67. The second kappa shape index (κ2) is 7.51. The van der Waals surface area contributed by atoms with Crippen molar-refractivity contribution in [2.75, 3.05) is 13.1 Å². The van der Waals surface area contributed by atoms with Crippen molar-refractivity contribution in [3.05, 3.63) is 58.9 Å². The standard InChI is InChI=1S/C17H17ClN2O4S/c18-15-7-6-13(17(21)24-12-14-5-1-2-8-19-14)11-16(15)25(22,23)20-9-3-4-10-20/h1-2,5-8,11H,3-4,9-10,12H2. The predicted molar refractivity (Wildman–Crippen MR) is 92.8 cm³/mol. The first kappa shape index (κ1) is 17.8. The third kappa shape index (κ3) is 4.00. The van der Waals surface area contributed by atoms with Crippen LogP contribution in [0.25, 0.3) is 0 Å². The molecule has 1 aliphatic heterocycles. The summed E-state index contributed by atoms with van der Waals surface area (Å²) in [6.07, 6.45) is 3.25. The van der Waals surface area contributed by atoms with Gasteiger partial charge in [0, 0.05) is 19.3 Å². The van der Waals surface area contributed by atoms with Gasteiger partial charge in [-0.25, -0.2) is 13.2 Å². The van der Waals surface area contributed by atoms with Crippen molar-refractivity contribution < 1.29 is 17.9 Å². The molecule has 1 aliphatic rings. The SMILES string of the molecule is O=C(OCc1ccccn1)c1ccc(Cl)c(S(=O)(=O)N2CCCC2)c1. The lowest BCUT2D eigenvalue weighted by Gasteiger charge is -2.17. The maximum Gasteiger partial charge on any atom is 0.338 e. The van der Waals surface area contributed by atoms with Gasteiger partial charge in [0.1, 0.15) is 11.5 Å². The molecule has 6 nitrogen and oxygen atoms in total. The number of ether oxygens (including phenoxy) is 1. The van der Waals surface area contributed by atoms with Crippen LogP contribution in [0.4, 0.5) is 0 Å². The highest BCUT2D eigenvalue weighted by molar-refractivity contribution is 7.89. The lowest BCUT2D eigenvalue weighted by atomic mass is 10.2. The molecule has 0 bridgehead atoms. The summed E-state index contributed by atoms with van der Waals surface area (Å²) >= 11 is 6.07. The van der Waals surface area contributed by atoms with E-state index in [1.807, 2.05) is 0 Å². The van der Waals surface area contributed by atoms with Crippen LogP contribution in [0, 0.1) is 0 Å². The number of nitrogens with zero attached hydrogens (tertiary/aromatic N) is 2. The van der Waals surface area contributed by atoms with Gasteiger partial charge in [-0.15, -0.1) is 0 Å². The Morgan fingerprint density at radius 2 is 1.96 bits per heavy atom. The Morgan fingerprint density at radius 1 is 1.20 bits per heavy atom. The zero-order valence-electron chi connectivity index (χ0n) is 13.4. The van der Waals surface area contributed by atoms with Gasteiger partial charge in [-0.1, -0.05) is 17.7 Å². The maximum absolute atomic E-state index is 12.7. The monoisotopic (exact) mass is 380 g/mol. The predicted octanol–water partition coefficient (Wildman–Crippen LogP) is 2.88. The Hall–Kier alpha value is -1.96. The first-order valence-electron chi connectivity index (χ1n) is 7.85. The van der Waals surface area contributed by atoms with Gasteiger partial charge >= 0.3 is 5.97 Å². The van der Waals surface area contributed by atoms with Gasteiger partial charge in [0.05, 0.1) is 16.3 Å². The number of hydrogen-bond donors (Lipinski definition) is 0. The summed E-state index contributed by atoms with van der Waals surface area (Å²) in [5.74, 6) is -0.625. The van der Waals surface area contributed by atoms with Crippen molar-refractivity contribution in [2.24, 2.45) is 0 Å². The van der Waals surface area contributed by atoms with Gasteiger partial charge in [-0.2, -0.15) is 4.31 Å². The van der Waals surface area contributed by atoms with Crippen molar-refractivity contribution in [3.8, 4) is 0 Å². The largest absolute Gasteiger partial charge is 0.456 e. The second-order valence-electron chi connectivity index (χ2n) is 5.65. The Kier molecular flexibility index (Phi) is 5.36. The quantitative estimate of drug-likeness (QED) is 0.745. The van der Waals surface area contributed by atoms with Gasteiger partial charge in [0.15, 0.2) is 0 Å². The van der Waals surface area contributed by atoms with Gasteiger partial charge in [-0.05, 0) is 43.2 Å². The van der Waals surface area contributed by atoms with Crippen molar-refractivity contribution in [1.29, 1.82) is 0 Å².